The van der Waals surface area contributed by atoms with Crippen molar-refractivity contribution in [3.8, 4) is 0 Å². The van der Waals surface area contributed by atoms with Crippen molar-refractivity contribution in [3.05, 3.63) is 12.4 Å². The van der Waals surface area contributed by atoms with Crippen LogP contribution in [0.5, 0.6) is 0 Å². The Morgan fingerprint density at radius 3 is 3.00 bits per heavy atom. The molecule has 1 N–H and O–H groups in total. The van der Waals surface area contributed by atoms with E-state index in [1.165, 1.54) is 0 Å². The average molecular weight is 251 g/mol. The molecule has 1 unspecified atom stereocenters. The summed E-state index contributed by atoms with van der Waals surface area (Å²) in [6.45, 7) is 10.5. The van der Waals surface area contributed by atoms with Gasteiger partial charge in [0, 0.05) is 31.6 Å². The van der Waals surface area contributed by atoms with Crippen LogP contribution in [-0.4, -0.2) is 28.3 Å². The molecule has 0 aromatic carbocycles. The quantitative estimate of drug-likeness (QED) is 0.893. The zero-order valence-corrected chi connectivity index (χ0v) is 11.9. The Kier molecular flexibility index (Phi) is 3.95. The fourth-order valence-corrected chi connectivity index (χ4v) is 2.48. The van der Waals surface area contributed by atoms with E-state index in [1.807, 2.05) is 6.20 Å². The smallest absolute Gasteiger partial charge is 0.203 e. The van der Waals surface area contributed by atoms with Gasteiger partial charge in [0.25, 0.3) is 0 Å². The largest absolute Gasteiger partial charge is 0.375 e. The predicted molar refractivity (Wildman–Crippen MR) is 73.9 cm³/mol. The van der Waals surface area contributed by atoms with E-state index in [2.05, 4.69) is 48.8 Å². The van der Waals surface area contributed by atoms with Crippen molar-refractivity contribution in [1.82, 2.24) is 9.55 Å². The van der Waals surface area contributed by atoms with E-state index in [0.717, 1.165) is 31.9 Å². The van der Waals surface area contributed by atoms with E-state index in [0.29, 0.717) is 12.0 Å². The highest BCUT2D eigenvalue weighted by Gasteiger charge is 2.30. The number of ether oxygens (including phenoxy) is 1. The number of aromatic nitrogens is 2. The summed E-state index contributed by atoms with van der Waals surface area (Å²) in [7, 11) is 0. The van der Waals surface area contributed by atoms with E-state index < -0.39 is 0 Å². The van der Waals surface area contributed by atoms with Gasteiger partial charge in [0.2, 0.25) is 5.95 Å². The number of anilines is 1. The molecule has 1 aromatic heterocycles. The van der Waals surface area contributed by atoms with Crippen molar-refractivity contribution in [2.24, 2.45) is 5.92 Å². The van der Waals surface area contributed by atoms with Gasteiger partial charge in [-0.15, -0.1) is 0 Å². The highest BCUT2D eigenvalue weighted by molar-refractivity contribution is 5.27. The first-order chi connectivity index (χ1) is 8.48. The van der Waals surface area contributed by atoms with Gasteiger partial charge in [0.15, 0.2) is 0 Å². The van der Waals surface area contributed by atoms with Crippen molar-refractivity contribution in [1.29, 1.82) is 0 Å². The summed E-state index contributed by atoms with van der Waals surface area (Å²) >= 11 is 0. The molecule has 1 atom stereocenters. The number of nitrogens with one attached hydrogen (secondary N) is 1. The van der Waals surface area contributed by atoms with E-state index in [9.17, 15) is 0 Å². The Hall–Kier alpha value is -1.03. The summed E-state index contributed by atoms with van der Waals surface area (Å²) in [5.41, 5.74) is -0.0253. The van der Waals surface area contributed by atoms with Crippen LogP contribution in [0.15, 0.2) is 12.4 Å². The fraction of sp³-hybridized carbons (Fsp3) is 0.786. The Labute approximate surface area is 110 Å². The van der Waals surface area contributed by atoms with Gasteiger partial charge in [-0.05, 0) is 32.6 Å². The molecule has 0 spiro atoms. The number of imidazole rings is 1. The summed E-state index contributed by atoms with van der Waals surface area (Å²) in [5.74, 6) is 1.62. The van der Waals surface area contributed by atoms with Gasteiger partial charge in [-0.2, -0.15) is 0 Å². The lowest BCUT2D eigenvalue weighted by molar-refractivity contribution is -0.0688. The Balaban J connectivity index is 2.06. The van der Waals surface area contributed by atoms with Gasteiger partial charge < -0.3 is 14.6 Å². The van der Waals surface area contributed by atoms with E-state index in [4.69, 9.17) is 4.74 Å². The van der Waals surface area contributed by atoms with Gasteiger partial charge >= 0.3 is 0 Å². The molecule has 1 aliphatic rings. The molecule has 0 bridgehead atoms. The molecule has 2 rings (SSSR count). The number of nitrogens with zero attached hydrogens (tertiary/aromatic N) is 2. The molecular formula is C14H25N3O. The fourth-order valence-electron chi connectivity index (χ4n) is 2.48. The first-order valence-corrected chi connectivity index (χ1v) is 6.88. The molecule has 4 nitrogen and oxygen atoms in total. The van der Waals surface area contributed by atoms with Gasteiger partial charge in [0.05, 0.1) is 5.60 Å². The zero-order valence-electron chi connectivity index (χ0n) is 11.9. The molecule has 1 fully saturated rings. The Bertz CT molecular complexity index is 384. The third kappa shape index (κ3) is 3.25. The molecule has 1 saturated heterocycles. The number of rotatable bonds is 4. The molecule has 2 heterocycles. The molecule has 18 heavy (non-hydrogen) atoms. The van der Waals surface area contributed by atoms with Crippen molar-refractivity contribution in [2.75, 3.05) is 18.5 Å². The van der Waals surface area contributed by atoms with Gasteiger partial charge in [-0.25, -0.2) is 4.98 Å². The predicted octanol–water partition coefficient (Wildman–Crippen LogP) is 3.08. The van der Waals surface area contributed by atoms with Crippen LogP contribution in [-0.2, 0) is 4.74 Å². The van der Waals surface area contributed by atoms with Gasteiger partial charge in [-0.3, -0.25) is 0 Å². The molecule has 0 amide bonds. The second-order valence-electron chi connectivity index (χ2n) is 6.19. The Morgan fingerprint density at radius 1 is 1.56 bits per heavy atom. The zero-order chi connectivity index (χ0) is 13.2. The highest BCUT2D eigenvalue weighted by atomic mass is 16.5. The van der Waals surface area contributed by atoms with Crippen molar-refractivity contribution in [2.45, 2.75) is 52.2 Å². The molecular weight excluding hydrogens is 226 g/mol. The maximum absolute atomic E-state index is 5.78. The maximum atomic E-state index is 5.78. The molecule has 1 aromatic rings. The first kappa shape index (κ1) is 13.4. The summed E-state index contributed by atoms with van der Waals surface area (Å²) < 4.78 is 8.05. The Morgan fingerprint density at radius 2 is 2.33 bits per heavy atom. The monoisotopic (exact) mass is 251 g/mol. The molecule has 0 aliphatic carbocycles. The van der Waals surface area contributed by atoms with Crippen molar-refractivity contribution >= 4 is 5.95 Å². The second kappa shape index (κ2) is 5.31. The van der Waals surface area contributed by atoms with Gasteiger partial charge in [0.1, 0.15) is 0 Å². The summed E-state index contributed by atoms with van der Waals surface area (Å²) in [6.07, 6.45) is 6.07. The normalized spacial score (nSPS) is 23.3. The van der Waals surface area contributed by atoms with Gasteiger partial charge in [-0.1, -0.05) is 13.8 Å². The third-order valence-electron chi connectivity index (χ3n) is 3.40. The highest BCUT2D eigenvalue weighted by Crippen LogP contribution is 2.33. The van der Waals surface area contributed by atoms with Crippen LogP contribution in [0.3, 0.4) is 0 Å². The van der Waals surface area contributed by atoms with E-state index >= 15 is 0 Å². The SMILES string of the molecule is CC(C)CNc1nccn1C1CCOC(C)(C)C1. The molecule has 102 valence electrons. The van der Waals surface area contributed by atoms with Crippen molar-refractivity contribution in [3.63, 3.8) is 0 Å². The standard InChI is InChI=1S/C14H25N3O/c1-11(2)10-16-13-15-6-7-17(13)12-5-8-18-14(3,4)9-12/h6-7,11-12H,5,8-10H2,1-4H3,(H,15,16). The maximum Gasteiger partial charge on any atom is 0.203 e. The van der Waals surface area contributed by atoms with Crippen LogP contribution in [0, 0.1) is 5.92 Å². The lowest BCUT2D eigenvalue weighted by atomic mass is 9.94. The number of hydrogen-bond donors (Lipinski definition) is 1. The van der Waals surface area contributed by atoms with Crippen LogP contribution >= 0.6 is 0 Å². The molecule has 4 heteroatoms. The summed E-state index contributed by atoms with van der Waals surface area (Å²) in [4.78, 5) is 4.42. The van der Waals surface area contributed by atoms with Crippen LogP contribution in [0.4, 0.5) is 5.95 Å². The number of hydrogen-bond acceptors (Lipinski definition) is 3. The summed E-state index contributed by atoms with van der Waals surface area (Å²) in [6, 6.07) is 0.492. The first-order valence-electron chi connectivity index (χ1n) is 6.88. The minimum absolute atomic E-state index is 0.0253. The lowest BCUT2D eigenvalue weighted by Gasteiger charge is -2.36. The summed E-state index contributed by atoms with van der Waals surface area (Å²) in [5, 5.41) is 3.43. The molecule has 1 aliphatic heterocycles. The van der Waals surface area contributed by atoms with Crippen LogP contribution in [0.1, 0.15) is 46.6 Å². The lowest BCUT2D eigenvalue weighted by Crippen LogP contribution is -2.35. The minimum atomic E-state index is -0.0253. The minimum Gasteiger partial charge on any atom is -0.375 e. The molecule has 0 saturated carbocycles. The second-order valence-corrected chi connectivity index (χ2v) is 6.19. The van der Waals surface area contributed by atoms with E-state index in [1.54, 1.807) is 0 Å². The molecule has 0 radical (unpaired) electrons. The van der Waals surface area contributed by atoms with Crippen molar-refractivity contribution < 1.29 is 4.74 Å². The third-order valence-corrected chi connectivity index (χ3v) is 3.40. The van der Waals surface area contributed by atoms with E-state index in [-0.39, 0.29) is 5.60 Å². The topological polar surface area (TPSA) is 39.1 Å². The average Bonchev–Trinajstić information content (AvgIpc) is 2.73. The van der Waals surface area contributed by atoms with Crippen LogP contribution < -0.4 is 5.32 Å². The van der Waals surface area contributed by atoms with Crippen LogP contribution in [0.2, 0.25) is 0 Å². The van der Waals surface area contributed by atoms with Crippen LogP contribution in [0.25, 0.3) is 0 Å².